The maximum absolute atomic E-state index is 12.9. The number of esters is 2. The molecule has 0 saturated carbocycles. The molecule has 0 aliphatic heterocycles. The number of quaternary nitrogens is 1. The third-order valence-corrected chi connectivity index (χ3v) is 17.3. The zero-order valence-electron chi connectivity index (χ0n) is 61.4. The summed E-state index contributed by atoms with van der Waals surface area (Å²) in [7, 11) is 1.14. The fraction of sp³-hybridized carbons (Fsp3) is 0.690. The summed E-state index contributed by atoms with van der Waals surface area (Å²) in [6.07, 6.45) is 108. The topological polar surface area (TPSA) is 111 Å². The molecule has 0 N–H and O–H groups in total. The van der Waals surface area contributed by atoms with Crippen LogP contribution in [0.1, 0.15) is 322 Å². The van der Waals surface area contributed by atoms with Crippen molar-refractivity contribution in [1.29, 1.82) is 0 Å². The van der Waals surface area contributed by atoms with Crippen molar-refractivity contribution in [2.75, 3.05) is 47.5 Å². The highest BCUT2D eigenvalue weighted by atomic mass is 31.2. The van der Waals surface area contributed by atoms with Crippen molar-refractivity contribution in [1.82, 2.24) is 0 Å². The number of unbranched alkanes of at least 4 members (excludes halogenated alkanes) is 32. The normalized spacial score (nSPS) is 13.9. The summed E-state index contributed by atoms with van der Waals surface area (Å²) in [5.41, 5.74) is 0. The van der Waals surface area contributed by atoms with Gasteiger partial charge in [-0.05, 0) is 122 Å². The Hall–Kier alpha value is -4.11. The highest BCUT2D eigenvalue weighted by molar-refractivity contribution is 7.45. The number of hydrogen-bond acceptors (Lipinski definition) is 8. The van der Waals surface area contributed by atoms with Gasteiger partial charge in [-0.2, -0.15) is 0 Å². The largest absolute Gasteiger partial charge is 0.756 e. The first-order valence-electron chi connectivity index (χ1n) is 38.5. The molecule has 0 fully saturated rings. The fourth-order valence-corrected chi connectivity index (χ4v) is 11.2. The van der Waals surface area contributed by atoms with Crippen LogP contribution in [0.25, 0.3) is 0 Å². The van der Waals surface area contributed by atoms with Gasteiger partial charge in [0.2, 0.25) is 0 Å². The van der Waals surface area contributed by atoms with Gasteiger partial charge in [-0.1, -0.05) is 333 Å². The van der Waals surface area contributed by atoms with Crippen LogP contribution in [0.15, 0.2) is 146 Å². The van der Waals surface area contributed by atoms with Crippen LogP contribution in [0.4, 0.5) is 0 Å². The second-order valence-corrected chi connectivity index (χ2v) is 28.0. The summed E-state index contributed by atoms with van der Waals surface area (Å²) in [6, 6.07) is 0. The van der Waals surface area contributed by atoms with Gasteiger partial charge in [0.25, 0.3) is 7.82 Å². The van der Waals surface area contributed by atoms with Crippen molar-refractivity contribution >= 4 is 19.8 Å². The Morgan fingerprint density at radius 3 is 0.915 bits per heavy atom. The fourth-order valence-electron chi connectivity index (χ4n) is 10.5. The molecule has 10 heteroatoms. The van der Waals surface area contributed by atoms with Crippen LogP contribution in [0.3, 0.4) is 0 Å². The summed E-state index contributed by atoms with van der Waals surface area (Å²) in [5, 5.41) is 0. The third-order valence-electron chi connectivity index (χ3n) is 16.3. The molecule has 0 aromatic rings. The molecule has 0 aromatic heterocycles. The number of carbonyl (C=O) groups is 2. The average molecular weight is 1330 g/mol. The van der Waals surface area contributed by atoms with Crippen LogP contribution in [-0.4, -0.2) is 70.0 Å². The second kappa shape index (κ2) is 73.1. The molecule has 0 spiro atoms. The average Bonchev–Trinajstić information content (AvgIpc) is 1.56. The molecule has 0 radical (unpaired) electrons. The van der Waals surface area contributed by atoms with Gasteiger partial charge in [0.15, 0.2) is 6.10 Å². The van der Waals surface area contributed by atoms with Gasteiger partial charge >= 0.3 is 11.9 Å². The number of nitrogens with zero attached hydrogens (tertiary/aromatic N) is 1. The lowest BCUT2D eigenvalue weighted by molar-refractivity contribution is -0.870. The van der Waals surface area contributed by atoms with E-state index >= 15 is 0 Å². The standard InChI is InChI=1S/C84H144NO8P/c1-6-8-10-12-14-16-18-20-22-24-26-28-30-32-34-36-38-39-40-41-42-43-44-45-47-49-51-53-55-57-59-61-63-65-67-69-71-73-75-77-84(87)93-82(81-92-94(88,89)91-79-78-85(3,4)5)80-90-83(86)76-74-72-70-68-66-64-62-60-58-56-54-52-50-48-46-37-35-33-31-29-27-25-23-21-19-17-15-13-11-9-7-2/h8,10,14,16,20,22,25-28,32,34,38-39,41-42,44-45,49,51,55,57,61,63,82H,6-7,9,11-13,15,17-19,21,23-24,29-31,33,35-37,40,43,46-48,50,52-54,56,58-60,62,64-81H2,1-5H3/b10-8-,16-14-,22-20-,27-25-,28-26-,34-32-,39-38-,42-41-,45-44-,51-49-,57-55-,63-61-. The summed E-state index contributed by atoms with van der Waals surface area (Å²) in [4.78, 5) is 38.1. The summed E-state index contributed by atoms with van der Waals surface area (Å²) < 4.78 is 34.3. The Bertz CT molecular complexity index is 2100. The van der Waals surface area contributed by atoms with E-state index in [1.807, 2.05) is 21.1 Å². The van der Waals surface area contributed by atoms with E-state index in [0.717, 1.165) is 122 Å². The second-order valence-electron chi connectivity index (χ2n) is 26.6. The number of carbonyl (C=O) groups excluding carboxylic acids is 2. The van der Waals surface area contributed by atoms with Gasteiger partial charge in [0, 0.05) is 12.8 Å². The molecule has 9 nitrogen and oxygen atoms in total. The van der Waals surface area contributed by atoms with Gasteiger partial charge in [-0.25, -0.2) is 0 Å². The monoisotopic (exact) mass is 1330 g/mol. The predicted octanol–water partition coefficient (Wildman–Crippen LogP) is 25.1. The summed E-state index contributed by atoms with van der Waals surface area (Å²) >= 11 is 0. The number of phosphoric acid groups is 1. The van der Waals surface area contributed by atoms with E-state index in [2.05, 4.69) is 160 Å². The number of phosphoric ester groups is 1. The van der Waals surface area contributed by atoms with Crippen molar-refractivity contribution in [3.63, 3.8) is 0 Å². The van der Waals surface area contributed by atoms with E-state index in [-0.39, 0.29) is 32.0 Å². The van der Waals surface area contributed by atoms with Gasteiger partial charge < -0.3 is 27.9 Å². The predicted molar refractivity (Wildman–Crippen MR) is 406 cm³/mol. The zero-order valence-corrected chi connectivity index (χ0v) is 62.3. The number of likely N-dealkylation sites (N-methyl/N-ethyl adjacent to an activating group) is 1. The van der Waals surface area contributed by atoms with Crippen LogP contribution in [-0.2, 0) is 32.7 Å². The molecule has 0 aliphatic carbocycles. The Morgan fingerprint density at radius 1 is 0.340 bits per heavy atom. The molecule has 2 atom stereocenters. The van der Waals surface area contributed by atoms with Crippen molar-refractivity contribution in [3.8, 4) is 0 Å². The van der Waals surface area contributed by atoms with Crippen molar-refractivity contribution < 1.29 is 42.1 Å². The first-order chi connectivity index (χ1) is 46.0. The van der Waals surface area contributed by atoms with Gasteiger partial charge in [0.1, 0.15) is 19.8 Å². The quantitative estimate of drug-likeness (QED) is 0.0195. The molecule has 0 aliphatic rings. The van der Waals surface area contributed by atoms with Crippen LogP contribution in [0.5, 0.6) is 0 Å². The maximum atomic E-state index is 12.9. The van der Waals surface area contributed by atoms with E-state index in [1.54, 1.807) is 0 Å². The molecule has 0 bridgehead atoms. The Labute approximate surface area is 580 Å². The molecule has 2 unspecified atom stereocenters. The van der Waals surface area contributed by atoms with Crippen LogP contribution in [0.2, 0.25) is 0 Å². The van der Waals surface area contributed by atoms with E-state index in [4.69, 9.17) is 18.5 Å². The highest BCUT2D eigenvalue weighted by Gasteiger charge is 2.22. The third kappa shape index (κ3) is 76.9. The molecule has 0 saturated heterocycles. The molecule has 538 valence electrons. The number of hydrogen-bond donors (Lipinski definition) is 0. The molecule has 94 heavy (non-hydrogen) atoms. The van der Waals surface area contributed by atoms with E-state index in [9.17, 15) is 19.0 Å². The minimum absolute atomic E-state index is 0.0408. The highest BCUT2D eigenvalue weighted by Crippen LogP contribution is 2.38. The van der Waals surface area contributed by atoms with Crippen LogP contribution >= 0.6 is 7.82 Å². The molecule has 0 heterocycles. The van der Waals surface area contributed by atoms with Crippen LogP contribution < -0.4 is 4.89 Å². The number of ether oxygens (including phenoxy) is 2. The number of rotatable bonds is 70. The lowest BCUT2D eigenvalue weighted by atomic mass is 10.0. The van der Waals surface area contributed by atoms with Crippen molar-refractivity contribution in [2.24, 2.45) is 0 Å². The van der Waals surface area contributed by atoms with Crippen molar-refractivity contribution in [3.05, 3.63) is 146 Å². The van der Waals surface area contributed by atoms with Gasteiger partial charge in [0.05, 0.1) is 27.7 Å². The van der Waals surface area contributed by atoms with Crippen molar-refractivity contribution in [2.45, 2.75) is 328 Å². The minimum Gasteiger partial charge on any atom is -0.756 e. The van der Waals surface area contributed by atoms with E-state index in [0.29, 0.717) is 17.4 Å². The number of allylic oxidation sites excluding steroid dienone is 24. The Kier molecular flexibility index (Phi) is 69.9. The van der Waals surface area contributed by atoms with E-state index in [1.165, 1.54) is 167 Å². The minimum atomic E-state index is -4.66. The first-order valence-corrected chi connectivity index (χ1v) is 40.0. The van der Waals surface area contributed by atoms with Gasteiger partial charge in [-0.3, -0.25) is 14.2 Å². The van der Waals surface area contributed by atoms with Gasteiger partial charge in [-0.15, -0.1) is 0 Å². The van der Waals surface area contributed by atoms with E-state index < -0.39 is 26.5 Å². The lowest BCUT2D eigenvalue weighted by Gasteiger charge is -2.28. The molecule has 0 amide bonds. The summed E-state index contributed by atoms with van der Waals surface area (Å²) in [6.45, 7) is 4.12. The Balaban J connectivity index is 4.10. The maximum Gasteiger partial charge on any atom is 0.306 e. The first kappa shape index (κ1) is 89.9. The SMILES string of the molecule is CC/C=C\C/C=C\C/C=C\C/C=C\C/C=C\C/C=C\C/C=C\C/C=C\C/C=C\C/C=C\C/C=C\CCCCCCCC(=O)OC(COC(=O)CCCCCCCCCCCCCCCCCCCCC/C=C\CCCCCCCCCC)COP(=O)([O-])OCC[N+](C)(C)C. The van der Waals surface area contributed by atoms with Crippen LogP contribution in [0, 0.1) is 0 Å². The molecular weight excluding hydrogens is 1180 g/mol. The molecular formula is C84H144NO8P. The zero-order chi connectivity index (χ0) is 68.3. The molecule has 0 rings (SSSR count). The smallest absolute Gasteiger partial charge is 0.306 e. The summed E-state index contributed by atoms with van der Waals surface area (Å²) in [5.74, 6) is -0.854. The Morgan fingerprint density at radius 2 is 0.606 bits per heavy atom. The lowest BCUT2D eigenvalue weighted by Crippen LogP contribution is -2.37. The molecule has 0 aromatic carbocycles.